The highest BCUT2D eigenvalue weighted by Gasteiger charge is 2.65. The van der Waals surface area contributed by atoms with Crippen molar-refractivity contribution in [3.8, 4) is 0 Å². The largest absolute Gasteiger partial charge is 0.396 e. The van der Waals surface area contributed by atoms with Crippen molar-refractivity contribution in [3.05, 3.63) is 0 Å². The van der Waals surface area contributed by atoms with Crippen LogP contribution in [0.15, 0.2) is 0 Å². The Morgan fingerprint density at radius 3 is 2.07 bits per heavy atom. The van der Waals surface area contributed by atoms with Gasteiger partial charge in [0, 0.05) is 18.3 Å². The molecule has 0 bridgehead atoms. The van der Waals surface area contributed by atoms with Crippen molar-refractivity contribution in [3.63, 3.8) is 0 Å². The van der Waals surface area contributed by atoms with Crippen LogP contribution in [0.5, 0.6) is 0 Å². The van der Waals surface area contributed by atoms with Gasteiger partial charge in [-0.3, -0.25) is 0 Å². The third kappa shape index (κ3) is 1.66. The van der Waals surface area contributed by atoms with E-state index in [1.807, 2.05) is 0 Å². The molecule has 0 radical (unpaired) electrons. The van der Waals surface area contributed by atoms with Crippen LogP contribution in [0.1, 0.15) is 25.7 Å². The molecule has 1 aliphatic heterocycles. The average Bonchev–Trinajstić information content (AvgIpc) is 2.14. The fraction of sp³-hybridized carbons (Fsp3) is 1.00. The number of aliphatic hydroxyl groups is 2. The molecule has 0 spiro atoms. The Hall–Kier alpha value is -0.260. The molecule has 0 aromatic carbocycles. The van der Waals surface area contributed by atoms with E-state index in [2.05, 4.69) is 5.32 Å². The van der Waals surface area contributed by atoms with Crippen LogP contribution in [0, 0.1) is 5.41 Å². The Bertz CT molecular complexity index is 244. The van der Waals surface area contributed by atoms with Gasteiger partial charge in [0.1, 0.15) is 0 Å². The van der Waals surface area contributed by atoms with Gasteiger partial charge in [-0.15, -0.1) is 0 Å². The van der Waals surface area contributed by atoms with Gasteiger partial charge in [-0.25, -0.2) is 8.78 Å². The van der Waals surface area contributed by atoms with Gasteiger partial charge in [-0.1, -0.05) is 0 Å². The molecule has 0 unspecified atom stereocenters. The lowest BCUT2D eigenvalue weighted by molar-refractivity contribution is -0.257. The lowest BCUT2D eigenvalue weighted by Crippen LogP contribution is -2.64. The minimum Gasteiger partial charge on any atom is -0.396 e. The molecule has 88 valence electrons. The van der Waals surface area contributed by atoms with Gasteiger partial charge in [0.2, 0.25) is 5.92 Å². The lowest BCUT2D eigenvalue weighted by atomic mass is 9.55. The summed E-state index contributed by atoms with van der Waals surface area (Å²) in [5.41, 5.74) is -2.09. The van der Waals surface area contributed by atoms with E-state index < -0.39 is 16.9 Å². The molecule has 3 N–H and O–H groups in total. The molecule has 1 saturated carbocycles. The smallest absolute Gasteiger partial charge is 0.249 e. The van der Waals surface area contributed by atoms with Crippen LogP contribution < -0.4 is 5.32 Å². The molecule has 0 aromatic rings. The number of piperidine rings is 1. The predicted molar refractivity (Wildman–Crippen MR) is 50.8 cm³/mol. The van der Waals surface area contributed by atoms with Crippen molar-refractivity contribution in [2.75, 3.05) is 19.7 Å². The summed E-state index contributed by atoms with van der Waals surface area (Å²) in [7, 11) is 0. The lowest BCUT2D eigenvalue weighted by Gasteiger charge is -2.56. The molecule has 0 amide bonds. The topological polar surface area (TPSA) is 52.5 Å². The molecule has 1 heterocycles. The van der Waals surface area contributed by atoms with E-state index in [1.54, 1.807) is 0 Å². The van der Waals surface area contributed by atoms with Crippen LogP contribution in [-0.2, 0) is 0 Å². The second-order valence-corrected chi connectivity index (χ2v) is 4.93. The van der Waals surface area contributed by atoms with Crippen molar-refractivity contribution < 1.29 is 19.0 Å². The van der Waals surface area contributed by atoms with Gasteiger partial charge in [-0.05, 0) is 25.9 Å². The van der Waals surface area contributed by atoms with Gasteiger partial charge in [0.25, 0.3) is 0 Å². The SMILES string of the molecule is OCC1(C2(O)CCNCC2)CC(F)(F)C1. The number of nitrogens with one attached hydrogen (secondary N) is 1. The Kier molecular flexibility index (Phi) is 2.52. The number of hydrogen-bond donors (Lipinski definition) is 3. The second-order valence-electron chi connectivity index (χ2n) is 4.93. The normalized spacial score (nSPS) is 32.0. The minimum atomic E-state index is -2.71. The quantitative estimate of drug-likeness (QED) is 0.637. The molecule has 3 nitrogen and oxygen atoms in total. The molecule has 15 heavy (non-hydrogen) atoms. The molecule has 0 atom stereocenters. The summed E-state index contributed by atoms with van der Waals surface area (Å²) < 4.78 is 25.8. The van der Waals surface area contributed by atoms with Crippen molar-refractivity contribution in [1.29, 1.82) is 0 Å². The van der Waals surface area contributed by atoms with E-state index in [0.717, 1.165) is 0 Å². The zero-order chi connectivity index (χ0) is 11.2. The van der Waals surface area contributed by atoms with Gasteiger partial charge in [-0.2, -0.15) is 0 Å². The fourth-order valence-corrected chi connectivity index (χ4v) is 2.90. The van der Waals surface area contributed by atoms with Crippen LogP contribution >= 0.6 is 0 Å². The third-order valence-corrected chi connectivity index (χ3v) is 3.91. The molecule has 2 fully saturated rings. The van der Waals surface area contributed by atoms with Crippen molar-refractivity contribution in [1.82, 2.24) is 5.32 Å². The summed E-state index contributed by atoms with van der Waals surface area (Å²) in [6, 6.07) is 0. The van der Waals surface area contributed by atoms with Crippen LogP contribution in [0.3, 0.4) is 0 Å². The number of aliphatic hydroxyl groups excluding tert-OH is 1. The van der Waals surface area contributed by atoms with Crippen LogP contribution in [0.4, 0.5) is 8.78 Å². The molecular formula is C10H17F2NO2. The summed E-state index contributed by atoms with van der Waals surface area (Å²) in [6.45, 7) is 0.909. The number of hydrogen-bond acceptors (Lipinski definition) is 3. The molecule has 5 heteroatoms. The number of rotatable bonds is 2. The molecule has 0 aromatic heterocycles. The summed E-state index contributed by atoms with van der Waals surface area (Å²) in [4.78, 5) is 0. The van der Waals surface area contributed by atoms with Crippen molar-refractivity contribution in [2.45, 2.75) is 37.2 Å². The summed E-state index contributed by atoms with van der Waals surface area (Å²) in [5, 5.41) is 22.7. The summed E-state index contributed by atoms with van der Waals surface area (Å²) in [5.74, 6) is -2.71. The third-order valence-electron chi connectivity index (χ3n) is 3.91. The highest BCUT2D eigenvalue weighted by molar-refractivity contribution is 5.11. The van der Waals surface area contributed by atoms with Gasteiger partial charge in [0.15, 0.2) is 0 Å². The van der Waals surface area contributed by atoms with E-state index in [4.69, 9.17) is 0 Å². The number of halogens is 2. The molecule has 2 aliphatic rings. The summed E-state index contributed by atoms with van der Waals surface area (Å²) in [6.07, 6.45) is 0.132. The van der Waals surface area contributed by atoms with Crippen molar-refractivity contribution in [2.24, 2.45) is 5.41 Å². The highest BCUT2D eigenvalue weighted by atomic mass is 19.3. The van der Waals surface area contributed by atoms with Crippen LogP contribution in [0.25, 0.3) is 0 Å². The van der Waals surface area contributed by atoms with E-state index in [0.29, 0.717) is 25.9 Å². The molecule has 1 saturated heterocycles. The predicted octanol–water partition coefficient (Wildman–Crippen LogP) is 0.509. The maximum absolute atomic E-state index is 12.9. The van der Waals surface area contributed by atoms with Gasteiger partial charge < -0.3 is 15.5 Å². The van der Waals surface area contributed by atoms with E-state index >= 15 is 0 Å². The average molecular weight is 221 g/mol. The Balaban J connectivity index is 2.13. The highest BCUT2D eigenvalue weighted by Crippen LogP contribution is 2.59. The first-order valence-electron chi connectivity index (χ1n) is 5.35. The first-order chi connectivity index (χ1) is 6.93. The van der Waals surface area contributed by atoms with E-state index in [1.165, 1.54) is 0 Å². The first-order valence-corrected chi connectivity index (χ1v) is 5.35. The monoisotopic (exact) mass is 221 g/mol. The van der Waals surface area contributed by atoms with Gasteiger partial charge >= 0.3 is 0 Å². The molecule has 2 rings (SSSR count). The Labute approximate surface area is 87.5 Å². The molecule has 1 aliphatic carbocycles. The Morgan fingerprint density at radius 1 is 1.13 bits per heavy atom. The standard InChI is InChI=1S/C10H17F2NO2/c11-10(12)5-8(6-10,7-14)9(15)1-3-13-4-2-9/h13-15H,1-7H2. The molecular weight excluding hydrogens is 204 g/mol. The maximum Gasteiger partial charge on any atom is 0.249 e. The van der Waals surface area contributed by atoms with Crippen LogP contribution in [-0.4, -0.2) is 41.4 Å². The number of alkyl halides is 2. The Morgan fingerprint density at radius 2 is 1.67 bits per heavy atom. The summed E-state index contributed by atoms with van der Waals surface area (Å²) >= 11 is 0. The van der Waals surface area contributed by atoms with E-state index in [9.17, 15) is 19.0 Å². The first kappa shape index (κ1) is 11.2. The van der Waals surface area contributed by atoms with Gasteiger partial charge in [0.05, 0.1) is 12.2 Å². The zero-order valence-corrected chi connectivity index (χ0v) is 8.60. The van der Waals surface area contributed by atoms with Crippen molar-refractivity contribution >= 4 is 0 Å². The second kappa shape index (κ2) is 3.37. The fourth-order valence-electron chi connectivity index (χ4n) is 2.90. The van der Waals surface area contributed by atoms with Crippen LogP contribution in [0.2, 0.25) is 0 Å². The zero-order valence-electron chi connectivity index (χ0n) is 8.60. The van der Waals surface area contributed by atoms with E-state index in [-0.39, 0.29) is 19.4 Å². The minimum absolute atomic E-state index is 0.348. The maximum atomic E-state index is 12.9.